The Hall–Kier alpha value is -0.850. The van der Waals surface area contributed by atoms with Crippen molar-refractivity contribution in [3.8, 4) is 0 Å². The van der Waals surface area contributed by atoms with Gasteiger partial charge in [0, 0.05) is 4.91 Å². The second-order valence-electron chi connectivity index (χ2n) is 2.91. The molecular weight excluding hydrogens is 178 g/mol. The number of aliphatic hydroxyl groups excluding tert-OH is 3. The van der Waals surface area contributed by atoms with Gasteiger partial charge in [-0.05, 0) is 12.5 Å². The number of hydrogen-bond acceptors (Lipinski definition) is 5. The van der Waals surface area contributed by atoms with Crippen LogP contribution in [0.3, 0.4) is 0 Å². The average molecular weight is 189 g/mol. The summed E-state index contributed by atoms with van der Waals surface area (Å²) in [5, 5.41) is 30.9. The zero-order valence-corrected chi connectivity index (χ0v) is 6.98. The van der Waals surface area contributed by atoms with Gasteiger partial charge in [-0.25, -0.2) is 0 Å². The molecule has 3 N–H and O–H groups in total. The number of hydrogen-bond donors (Lipinski definition) is 3. The molecule has 5 unspecified atom stereocenters. The minimum atomic E-state index is -1.42. The van der Waals surface area contributed by atoms with E-state index >= 15 is 0 Å². The molecule has 1 aliphatic heterocycles. The van der Waals surface area contributed by atoms with E-state index in [2.05, 4.69) is 10.0 Å². The summed E-state index contributed by atoms with van der Waals surface area (Å²) < 4.78 is 4.76. The standard InChI is InChI=1S/C6H11N3O4/c1-2-4(10)3(8-9-7)5(11)6(12)13-2/h2-6,10-12H,1H3. The molecule has 7 heteroatoms. The summed E-state index contributed by atoms with van der Waals surface area (Å²) in [7, 11) is 0. The number of ether oxygens (including phenoxy) is 1. The molecule has 1 heterocycles. The molecular formula is C6H11N3O4. The molecule has 1 fully saturated rings. The first kappa shape index (κ1) is 10.2. The van der Waals surface area contributed by atoms with Crippen LogP contribution in [0.4, 0.5) is 0 Å². The van der Waals surface area contributed by atoms with Crippen LogP contribution < -0.4 is 0 Å². The Kier molecular flexibility index (Phi) is 3.07. The van der Waals surface area contributed by atoms with Gasteiger partial charge in [-0.15, -0.1) is 0 Å². The van der Waals surface area contributed by atoms with Crippen LogP contribution in [0, 0.1) is 0 Å². The fourth-order valence-corrected chi connectivity index (χ4v) is 1.23. The molecule has 74 valence electrons. The first-order valence-corrected chi connectivity index (χ1v) is 3.81. The first-order valence-electron chi connectivity index (χ1n) is 3.81. The third-order valence-corrected chi connectivity index (χ3v) is 2.01. The van der Waals surface area contributed by atoms with Crippen molar-refractivity contribution in [3.63, 3.8) is 0 Å². The zero-order valence-electron chi connectivity index (χ0n) is 6.98. The van der Waals surface area contributed by atoms with Crippen LogP contribution in [-0.4, -0.2) is 46.0 Å². The lowest BCUT2D eigenvalue weighted by atomic mass is 9.98. The molecule has 0 radical (unpaired) electrons. The van der Waals surface area contributed by atoms with Gasteiger partial charge >= 0.3 is 0 Å². The summed E-state index contributed by atoms with van der Waals surface area (Å²) in [6.45, 7) is 1.51. The maximum Gasteiger partial charge on any atom is 0.181 e. The van der Waals surface area contributed by atoms with Gasteiger partial charge in [0.15, 0.2) is 6.29 Å². The Labute approximate surface area is 74.2 Å². The van der Waals surface area contributed by atoms with Gasteiger partial charge in [0.05, 0.1) is 18.2 Å². The maximum atomic E-state index is 9.40. The van der Waals surface area contributed by atoms with Crippen LogP contribution in [0.5, 0.6) is 0 Å². The topological polar surface area (TPSA) is 119 Å². The summed E-state index contributed by atoms with van der Waals surface area (Å²) >= 11 is 0. The highest BCUT2D eigenvalue weighted by molar-refractivity contribution is 4.92. The molecule has 5 atom stereocenters. The summed E-state index contributed by atoms with van der Waals surface area (Å²) in [6, 6.07) is -1.07. The molecule has 1 saturated heterocycles. The fraction of sp³-hybridized carbons (Fsp3) is 1.00. The van der Waals surface area contributed by atoms with Crippen LogP contribution in [0.2, 0.25) is 0 Å². The molecule has 0 spiro atoms. The Balaban J connectivity index is 2.81. The summed E-state index contributed by atoms with van der Waals surface area (Å²) in [6.07, 6.45) is -4.58. The van der Waals surface area contributed by atoms with Crippen molar-refractivity contribution in [1.82, 2.24) is 0 Å². The van der Waals surface area contributed by atoms with Crippen molar-refractivity contribution in [1.29, 1.82) is 0 Å². The summed E-state index contributed by atoms with van der Waals surface area (Å²) in [4.78, 5) is 2.47. The van der Waals surface area contributed by atoms with Gasteiger partial charge in [-0.2, -0.15) is 0 Å². The van der Waals surface area contributed by atoms with E-state index in [1.165, 1.54) is 6.92 Å². The van der Waals surface area contributed by atoms with E-state index < -0.39 is 30.6 Å². The molecule has 0 aromatic carbocycles. The van der Waals surface area contributed by atoms with E-state index in [-0.39, 0.29) is 0 Å². The van der Waals surface area contributed by atoms with Gasteiger partial charge in [0.1, 0.15) is 6.10 Å². The Bertz CT molecular complexity index is 216. The smallest absolute Gasteiger partial charge is 0.181 e. The second kappa shape index (κ2) is 3.91. The van der Waals surface area contributed by atoms with E-state index in [1.54, 1.807) is 0 Å². The van der Waals surface area contributed by atoms with Gasteiger partial charge in [0.25, 0.3) is 0 Å². The van der Waals surface area contributed by atoms with E-state index in [0.717, 1.165) is 0 Å². The predicted octanol–water partition coefficient (Wildman–Crippen LogP) is -0.876. The number of aliphatic hydroxyl groups is 3. The summed E-state index contributed by atoms with van der Waals surface area (Å²) in [5.41, 5.74) is 8.14. The lowest BCUT2D eigenvalue weighted by Crippen LogP contribution is -2.55. The average Bonchev–Trinajstić information content (AvgIpc) is 2.09. The molecule has 0 saturated carbocycles. The van der Waals surface area contributed by atoms with E-state index in [9.17, 15) is 10.2 Å². The van der Waals surface area contributed by atoms with E-state index in [4.69, 9.17) is 15.4 Å². The highest BCUT2D eigenvalue weighted by Crippen LogP contribution is 2.21. The van der Waals surface area contributed by atoms with Crippen molar-refractivity contribution in [2.45, 2.75) is 37.6 Å². The van der Waals surface area contributed by atoms with Crippen molar-refractivity contribution < 1.29 is 20.1 Å². The highest BCUT2D eigenvalue weighted by atomic mass is 16.6. The Morgan fingerprint density at radius 2 is 1.92 bits per heavy atom. The molecule has 0 aromatic heterocycles. The van der Waals surface area contributed by atoms with Gasteiger partial charge < -0.3 is 20.1 Å². The van der Waals surface area contributed by atoms with Crippen LogP contribution in [0.25, 0.3) is 10.4 Å². The molecule has 0 amide bonds. The van der Waals surface area contributed by atoms with Crippen molar-refractivity contribution >= 4 is 0 Å². The molecule has 0 aliphatic carbocycles. The van der Waals surface area contributed by atoms with Gasteiger partial charge in [-0.1, -0.05) is 5.11 Å². The predicted molar refractivity (Wildman–Crippen MR) is 41.5 cm³/mol. The molecule has 7 nitrogen and oxygen atoms in total. The summed E-state index contributed by atoms with van der Waals surface area (Å²) in [5.74, 6) is 0. The second-order valence-corrected chi connectivity index (χ2v) is 2.91. The SMILES string of the molecule is CC1OC(O)C(O)C(N=[N+]=[N-])C1O. The lowest BCUT2D eigenvalue weighted by molar-refractivity contribution is -0.247. The van der Waals surface area contributed by atoms with Crippen LogP contribution in [0.1, 0.15) is 6.92 Å². The highest BCUT2D eigenvalue weighted by Gasteiger charge is 2.41. The fourth-order valence-electron chi connectivity index (χ4n) is 1.23. The third-order valence-electron chi connectivity index (χ3n) is 2.01. The molecule has 0 bridgehead atoms. The number of rotatable bonds is 1. The molecule has 13 heavy (non-hydrogen) atoms. The largest absolute Gasteiger partial charge is 0.390 e. The van der Waals surface area contributed by atoms with Crippen molar-refractivity contribution in [2.75, 3.05) is 0 Å². The molecule has 1 aliphatic rings. The number of nitrogens with zero attached hydrogens (tertiary/aromatic N) is 3. The number of azide groups is 1. The molecule has 0 aromatic rings. The van der Waals surface area contributed by atoms with E-state index in [1.807, 2.05) is 0 Å². The monoisotopic (exact) mass is 189 g/mol. The lowest BCUT2D eigenvalue weighted by Gasteiger charge is -2.37. The van der Waals surface area contributed by atoms with Crippen molar-refractivity contribution in [2.24, 2.45) is 5.11 Å². The van der Waals surface area contributed by atoms with Gasteiger partial charge in [-0.3, -0.25) is 0 Å². The first-order chi connectivity index (χ1) is 6.07. The Morgan fingerprint density at radius 3 is 2.46 bits per heavy atom. The third kappa shape index (κ3) is 1.90. The van der Waals surface area contributed by atoms with E-state index in [0.29, 0.717) is 0 Å². The van der Waals surface area contributed by atoms with Crippen molar-refractivity contribution in [3.05, 3.63) is 10.4 Å². The van der Waals surface area contributed by atoms with Gasteiger partial charge in [0.2, 0.25) is 0 Å². The quantitative estimate of drug-likeness (QED) is 0.282. The maximum absolute atomic E-state index is 9.40. The van der Waals surface area contributed by atoms with Crippen LogP contribution in [0.15, 0.2) is 5.11 Å². The molecule has 1 rings (SSSR count). The minimum absolute atomic E-state index is 0.672. The Morgan fingerprint density at radius 1 is 1.31 bits per heavy atom. The van der Waals surface area contributed by atoms with Crippen LogP contribution in [-0.2, 0) is 4.74 Å². The normalized spacial score (nSPS) is 45.4. The van der Waals surface area contributed by atoms with Crippen LogP contribution >= 0.6 is 0 Å². The minimum Gasteiger partial charge on any atom is -0.390 e. The zero-order chi connectivity index (χ0) is 10.0.